The standard InChI is InChI=1S/C19H16FN3O.C14H12FNO2.C5H7N3/c1-13-21-8-7-17(23-13)11-19(24)18-6-5-15(12-22-18)9-14-3-2-4-16(20)10-14;1-18-14(17)13-6-5-11(9-16-13)7-10-3-2-4-12(15)8-10;1-4-7-3-2-5(6)8-4/h2-8,10,12H,9,11H2,1H3;2-6,8-9H,7H2,1H3;2-3H,1H3,(H2,6,7,8). The van der Waals surface area contributed by atoms with Gasteiger partial charge in [0, 0.05) is 24.8 Å². The van der Waals surface area contributed by atoms with Gasteiger partial charge in [-0.3, -0.25) is 9.78 Å². The van der Waals surface area contributed by atoms with Crippen molar-refractivity contribution in [1.82, 2.24) is 29.9 Å². The lowest BCUT2D eigenvalue weighted by atomic mass is 10.1. The zero-order valence-corrected chi connectivity index (χ0v) is 27.8. The van der Waals surface area contributed by atoms with Crippen LogP contribution in [0.1, 0.15) is 60.6 Å². The molecule has 0 radical (unpaired) electrons. The van der Waals surface area contributed by atoms with Gasteiger partial charge in [-0.2, -0.15) is 0 Å². The first-order chi connectivity index (χ1) is 24.1. The number of halogens is 2. The maximum Gasteiger partial charge on any atom is 0.356 e. The SMILES string of the molecule is COC(=O)c1ccc(Cc2cccc(F)c2)cn1.Cc1nccc(CC(=O)c2ccc(Cc3cccc(F)c3)cn2)n1.Cc1nccc(N)n1. The second kappa shape index (κ2) is 18.3. The van der Waals surface area contributed by atoms with Gasteiger partial charge in [0.05, 0.1) is 19.2 Å². The highest BCUT2D eigenvalue weighted by molar-refractivity contribution is 5.95. The zero-order valence-electron chi connectivity index (χ0n) is 27.8. The van der Waals surface area contributed by atoms with E-state index in [9.17, 15) is 18.4 Å². The lowest BCUT2D eigenvalue weighted by Gasteiger charge is -2.04. The van der Waals surface area contributed by atoms with Crippen molar-refractivity contribution in [2.45, 2.75) is 33.1 Å². The number of nitrogens with two attached hydrogens (primary N) is 1. The van der Waals surface area contributed by atoms with Gasteiger partial charge in [-0.15, -0.1) is 0 Å². The number of carbonyl (C=O) groups is 2. The van der Waals surface area contributed by atoms with E-state index in [2.05, 4.69) is 34.6 Å². The van der Waals surface area contributed by atoms with Crippen LogP contribution in [0.25, 0.3) is 0 Å². The third-order valence-corrected chi connectivity index (χ3v) is 6.90. The molecule has 4 aromatic heterocycles. The number of pyridine rings is 2. The Balaban J connectivity index is 0.000000189. The van der Waals surface area contributed by atoms with Crippen molar-refractivity contribution < 1.29 is 23.1 Å². The Morgan fingerprint density at radius 3 is 1.64 bits per heavy atom. The number of hydrogen-bond acceptors (Lipinski definition) is 10. The summed E-state index contributed by atoms with van der Waals surface area (Å²) in [6.07, 6.45) is 7.87. The molecule has 0 saturated heterocycles. The lowest BCUT2D eigenvalue weighted by molar-refractivity contribution is 0.0594. The highest BCUT2D eigenvalue weighted by Gasteiger charge is 2.11. The van der Waals surface area contributed by atoms with Gasteiger partial charge in [-0.25, -0.2) is 38.5 Å². The number of aryl methyl sites for hydroxylation is 2. The molecule has 6 aromatic rings. The van der Waals surface area contributed by atoms with Crippen molar-refractivity contribution in [1.29, 1.82) is 0 Å². The Labute approximate surface area is 288 Å². The van der Waals surface area contributed by atoms with Crippen LogP contribution in [0.2, 0.25) is 0 Å². The van der Waals surface area contributed by atoms with E-state index in [4.69, 9.17) is 5.73 Å². The van der Waals surface area contributed by atoms with Crippen molar-refractivity contribution in [3.63, 3.8) is 0 Å². The lowest BCUT2D eigenvalue weighted by Crippen LogP contribution is -2.08. The number of rotatable bonds is 8. The molecule has 0 aliphatic carbocycles. The predicted octanol–water partition coefficient (Wildman–Crippen LogP) is 6.30. The molecule has 12 heteroatoms. The van der Waals surface area contributed by atoms with Gasteiger partial charge in [0.1, 0.15) is 40.5 Å². The van der Waals surface area contributed by atoms with Crippen LogP contribution in [0, 0.1) is 25.5 Å². The largest absolute Gasteiger partial charge is 0.464 e. The molecule has 254 valence electrons. The number of carbonyl (C=O) groups excluding carboxylic acids is 2. The minimum atomic E-state index is -0.465. The van der Waals surface area contributed by atoms with Crippen molar-refractivity contribution >= 4 is 17.6 Å². The average molecular weight is 676 g/mol. The number of aromatic nitrogens is 6. The summed E-state index contributed by atoms with van der Waals surface area (Å²) in [5.41, 5.74) is 10.2. The van der Waals surface area contributed by atoms with Gasteiger partial charge in [-0.05, 0) is 97.5 Å². The first-order valence-electron chi connectivity index (χ1n) is 15.4. The molecule has 0 aliphatic rings. The molecule has 0 spiro atoms. The van der Waals surface area contributed by atoms with Crippen molar-refractivity contribution in [2.24, 2.45) is 0 Å². The number of nitrogens with zero attached hydrogens (tertiary/aromatic N) is 6. The summed E-state index contributed by atoms with van der Waals surface area (Å²) in [5.74, 6) is 0.804. The normalized spacial score (nSPS) is 10.2. The predicted molar refractivity (Wildman–Crippen MR) is 184 cm³/mol. The van der Waals surface area contributed by atoms with Crippen LogP contribution in [0.15, 0.2) is 110 Å². The molecule has 10 nitrogen and oxygen atoms in total. The second-order valence-corrected chi connectivity index (χ2v) is 10.9. The Hall–Kier alpha value is -6.30. The molecule has 0 fully saturated rings. The molecule has 0 unspecified atom stereocenters. The van der Waals surface area contributed by atoms with Gasteiger partial charge in [0.25, 0.3) is 0 Å². The Morgan fingerprint density at radius 1 is 0.660 bits per heavy atom. The molecule has 4 heterocycles. The molecule has 0 aliphatic heterocycles. The fraction of sp³-hybridized carbons (Fsp3) is 0.158. The molecule has 0 saturated carbocycles. The summed E-state index contributed by atoms with van der Waals surface area (Å²) in [7, 11) is 1.31. The van der Waals surface area contributed by atoms with Crippen molar-refractivity contribution in [3.05, 3.63) is 172 Å². The maximum absolute atomic E-state index is 13.2. The van der Waals surface area contributed by atoms with E-state index in [1.165, 1.54) is 31.4 Å². The Morgan fingerprint density at radius 2 is 1.20 bits per heavy atom. The molecule has 2 N–H and O–H groups in total. The van der Waals surface area contributed by atoms with Crippen LogP contribution < -0.4 is 5.73 Å². The van der Waals surface area contributed by atoms with Gasteiger partial charge < -0.3 is 10.5 Å². The monoisotopic (exact) mass is 675 g/mol. The van der Waals surface area contributed by atoms with E-state index in [-0.39, 0.29) is 29.5 Å². The van der Waals surface area contributed by atoms with Gasteiger partial charge in [0.2, 0.25) is 0 Å². The van der Waals surface area contributed by atoms with Crippen LogP contribution >= 0.6 is 0 Å². The molecule has 50 heavy (non-hydrogen) atoms. The fourth-order valence-electron chi connectivity index (χ4n) is 4.55. The van der Waals surface area contributed by atoms with E-state index in [1.54, 1.807) is 81.1 Å². The number of hydrogen-bond donors (Lipinski definition) is 1. The Bertz CT molecular complexity index is 2010. The summed E-state index contributed by atoms with van der Waals surface area (Å²) in [5, 5.41) is 0. The third kappa shape index (κ3) is 12.1. The number of Topliss-reactive ketones (excluding diaryl/α,β-unsaturated/α-hetero) is 1. The molecular formula is C38H35F2N7O3. The fourth-order valence-corrected chi connectivity index (χ4v) is 4.55. The highest BCUT2D eigenvalue weighted by Crippen LogP contribution is 2.13. The van der Waals surface area contributed by atoms with Gasteiger partial charge >= 0.3 is 5.97 Å². The average Bonchev–Trinajstić information content (AvgIpc) is 3.09. The van der Waals surface area contributed by atoms with E-state index < -0.39 is 5.97 Å². The second-order valence-electron chi connectivity index (χ2n) is 10.9. The highest BCUT2D eigenvalue weighted by atomic mass is 19.1. The Kier molecular flexibility index (Phi) is 13.4. The smallest absolute Gasteiger partial charge is 0.356 e. The minimum Gasteiger partial charge on any atom is -0.464 e. The van der Waals surface area contributed by atoms with E-state index in [0.29, 0.717) is 41.7 Å². The van der Waals surface area contributed by atoms with E-state index in [1.807, 2.05) is 18.2 Å². The maximum atomic E-state index is 13.2. The van der Waals surface area contributed by atoms with Gasteiger partial charge in [-0.1, -0.05) is 36.4 Å². The summed E-state index contributed by atoms with van der Waals surface area (Å²) >= 11 is 0. The summed E-state index contributed by atoms with van der Waals surface area (Å²) in [6.45, 7) is 3.59. The topological polar surface area (TPSA) is 147 Å². The molecule has 0 amide bonds. The van der Waals surface area contributed by atoms with E-state index >= 15 is 0 Å². The molecule has 6 rings (SSSR count). The third-order valence-electron chi connectivity index (χ3n) is 6.90. The van der Waals surface area contributed by atoms with Crippen molar-refractivity contribution in [3.8, 4) is 0 Å². The number of anilines is 1. The number of ether oxygens (including phenoxy) is 1. The number of nitrogen functional groups attached to an aromatic ring is 1. The van der Waals surface area contributed by atoms with Crippen LogP contribution in [-0.2, 0) is 24.0 Å². The number of ketones is 1. The molecule has 2 aromatic carbocycles. The number of benzene rings is 2. The summed E-state index contributed by atoms with van der Waals surface area (Å²) in [4.78, 5) is 47.6. The van der Waals surface area contributed by atoms with Crippen LogP contribution in [0.5, 0.6) is 0 Å². The molecule has 0 atom stereocenters. The quantitative estimate of drug-likeness (QED) is 0.144. The molecular weight excluding hydrogens is 640 g/mol. The van der Waals surface area contributed by atoms with Crippen LogP contribution in [0.3, 0.4) is 0 Å². The number of esters is 1. The molecule has 0 bridgehead atoms. The number of methoxy groups -OCH3 is 1. The van der Waals surface area contributed by atoms with Gasteiger partial charge in [0.15, 0.2) is 5.78 Å². The van der Waals surface area contributed by atoms with Crippen LogP contribution in [-0.4, -0.2) is 48.8 Å². The summed E-state index contributed by atoms with van der Waals surface area (Å²) < 4.78 is 30.8. The minimum absolute atomic E-state index is 0.0922. The van der Waals surface area contributed by atoms with Crippen molar-refractivity contribution in [2.75, 3.05) is 12.8 Å². The zero-order chi connectivity index (χ0) is 35.9. The summed E-state index contributed by atoms with van der Waals surface area (Å²) in [6, 6.07) is 23.2. The van der Waals surface area contributed by atoms with Crippen LogP contribution in [0.4, 0.5) is 14.6 Å². The van der Waals surface area contributed by atoms with E-state index in [0.717, 1.165) is 22.3 Å². The first-order valence-corrected chi connectivity index (χ1v) is 15.4. The first kappa shape index (κ1) is 36.5.